The summed E-state index contributed by atoms with van der Waals surface area (Å²) in [5.74, 6) is -0.868. The average molecular weight is 259 g/mol. The Morgan fingerprint density at radius 3 is 2.62 bits per heavy atom. The molecule has 2 rings (SSSR count). The summed E-state index contributed by atoms with van der Waals surface area (Å²) in [4.78, 5) is 22.8. The SMILES string of the molecule is O=C1CC(C(=O)c2ccc(Cl)c(Cl)c2)CO1. The fraction of sp³-hybridized carbons (Fsp3) is 0.273. The van der Waals surface area contributed by atoms with Gasteiger partial charge in [0.05, 0.1) is 22.4 Å². The van der Waals surface area contributed by atoms with Gasteiger partial charge in [0.1, 0.15) is 6.61 Å². The molecule has 0 bridgehead atoms. The van der Waals surface area contributed by atoms with Gasteiger partial charge in [-0.05, 0) is 18.2 Å². The Hall–Kier alpha value is -1.06. The summed E-state index contributed by atoms with van der Waals surface area (Å²) in [5.41, 5.74) is 0.456. The Kier molecular flexibility index (Phi) is 3.17. The van der Waals surface area contributed by atoms with Gasteiger partial charge in [-0.25, -0.2) is 0 Å². The first-order valence-corrected chi connectivity index (χ1v) is 5.48. The van der Waals surface area contributed by atoms with Crippen molar-refractivity contribution in [2.45, 2.75) is 6.42 Å². The first-order chi connectivity index (χ1) is 7.58. The third kappa shape index (κ3) is 2.20. The highest BCUT2D eigenvalue weighted by Gasteiger charge is 2.30. The van der Waals surface area contributed by atoms with Crippen molar-refractivity contribution in [3.8, 4) is 0 Å². The molecule has 5 heteroatoms. The summed E-state index contributed by atoms with van der Waals surface area (Å²) >= 11 is 11.6. The van der Waals surface area contributed by atoms with Gasteiger partial charge in [-0.15, -0.1) is 0 Å². The standard InChI is InChI=1S/C11H8Cl2O3/c12-8-2-1-6(3-9(8)13)11(15)7-4-10(14)16-5-7/h1-3,7H,4-5H2. The number of cyclic esters (lactones) is 1. The van der Waals surface area contributed by atoms with Gasteiger partial charge in [0.25, 0.3) is 0 Å². The fourth-order valence-corrected chi connectivity index (χ4v) is 1.86. The van der Waals surface area contributed by atoms with E-state index in [-0.39, 0.29) is 24.8 Å². The lowest BCUT2D eigenvalue weighted by Crippen LogP contribution is -2.14. The molecular weight excluding hydrogens is 251 g/mol. The summed E-state index contributed by atoms with van der Waals surface area (Å²) < 4.78 is 4.74. The second-order valence-corrected chi connectivity index (χ2v) is 4.39. The van der Waals surface area contributed by atoms with Crippen LogP contribution in [0, 0.1) is 5.92 Å². The monoisotopic (exact) mass is 258 g/mol. The van der Waals surface area contributed by atoms with Crippen LogP contribution in [0.3, 0.4) is 0 Å². The smallest absolute Gasteiger partial charge is 0.306 e. The lowest BCUT2D eigenvalue weighted by Gasteiger charge is -2.06. The van der Waals surface area contributed by atoms with Crippen molar-refractivity contribution >= 4 is 35.0 Å². The highest BCUT2D eigenvalue weighted by atomic mass is 35.5. The van der Waals surface area contributed by atoms with Crippen molar-refractivity contribution in [1.29, 1.82) is 0 Å². The molecule has 1 fully saturated rings. The van der Waals surface area contributed by atoms with Gasteiger partial charge < -0.3 is 4.74 Å². The second-order valence-electron chi connectivity index (χ2n) is 3.58. The molecule has 3 nitrogen and oxygen atoms in total. The molecule has 0 aromatic heterocycles. The van der Waals surface area contributed by atoms with Crippen LogP contribution in [0.4, 0.5) is 0 Å². The molecule has 1 aromatic rings. The Morgan fingerprint density at radius 1 is 1.31 bits per heavy atom. The summed E-state index contributed by atoms with van der Waals surface area (Å²) in [6.07, 6.45) is 0.138. The Balaban J connectivity index is 2.21. The zero-order valence-electron chi connectivity index (χ0n) is 8.20. The number of benzene rings is 1. The fourth-order valence-electron chi connectivity index (χ4n) is 1.57. The zero-order chi connectivity index (χ0) is 11.7. The number of hydrogen-bond donors (Lipinski definition) is 0. The van der Waals surface area contributed by atoms with Crippen LogP contribution in [0.5, 0.6) is 0 Å². The van der Waals surface area contributed by atoms with Crippen LogP contribution >= 0.6 is 23.2 Å². The molecule has 0 saturated carbocycles. The van der Waals surface area contributed by atoms with Crippen molar-refractivity contribution < 1.29 is 14.3 Å². The van der Waals surface area contributed by atoms with E-state index in [1.807, 2.05) is 0 Å². The van der Waals surface area contributed by atoms with Crippen LogP contribution in [0.2, 0.25) is 10.0 Å². The molecule has 1 saturated heterocycles. The molecule has 1 aliphatic rings. The van der Waals surface area contributed by atoms with Gasteiger partial charge in [-0.1, -0.05) is 23.2 Å². The van der Waals surface area contributed by atoms with Gasteiger partial charge in [0.15, 0.2) is 5.78 Å². The minimum atomic E-state index is -0.398. The molecule has 0 N–H and O–H groups in total. The van der Waals surface area contributed by atoms with E-state index in [0.717, 1.165) is 0 Å². The van der Waals surface area contributed by atoms with E-state index in [4.69, 9.17) is 27.9 Å². The number of ether oxygens (including phenoxy) is 1. The molecule has 0 amide bonds. The number of hydrogen-bond acceptors (Lipinski definition) is 3. The Labute approximate surface area is 102 Å². The molecule has 1 aliphatic heterocycles. The molecule has 0 radical (unpaired) electrons. The van der Waals surface area contributed by atoms with E-state index in [2.05, 4.69) is 0 Å². The lowest BCUT2D eigenvalue weighted by molar-refractivity contribution is -0.137. The maximum absolute atomic E-state index is 11.9. The van der Waals surface area contributed by atoms with Crippen molar-refractivity contribution in [2.24, 2.45) is 5.92 Å². The predicted octanol–water partition coefficient (Wildman–Crippen LogP) is 2.74. The number of rotatable bonds is 2. The normalized spacial score (nSPS) is 19.6. The van der Waals surface area contributed by atoms with Crippen LogP contribution in [0.25, 0.3) is 0 Å². The molecule has 1 atom stereocenters. The third-order valence-corrected chi connectivity index (χ3v) is 3.17. The van der Waals surface area contributed by atoms with Crippen molar-refractivity contribution in [3.63, 3.8) is 0 Å². The van der Waals surface area contributed by atoms with Gasteiger partial charge in [-0.2, -0.15) is 0 Å². The molecule has 1 heterocycles. The summed E-state index contributed by atoms with van der Waals surface area (Å²) in [6.45, 7) is 0.151. The van der Waals surface area contributed by atoms with E-state index in [1.54, 1.807) is 12.1 Å². The average Bonchev–Trinajstić information content (AvgIpc) is 2.68. The zero-order valence-corrected chi connectivity index (χ0v) is 9.72. The van der Waals surface area contributed by atoms with E-state index in [1.165, 1.54) is 6.07 Å². The number of ketones is 1. The first kappa shape index (κ1) is 11.4. The van der Waals surface area contributed by atoms with Crippen molar-refractivity contribution in [2.75, 3.05) is 6.61 Å². The van der Waals surface area contributed by atoms with Gasteiger partial charge in [-0.3, -0.25) is 9.59 Å². The maximum Gasteiger partial charge on any atom is 0.306 e. The number of carbonyl (C=O) groups is 2. The lowest BCUT2D eigenvalue weighted by atomic mass is 9.97. The highest BCUT2D eigenvalue weighted by Crippen LogP contribution is 2.26. The number of esters is 1. The molecular formula is C11H8Cl2O3. The minimum absolute atomic E-state index is 0.135. The maximum atomic E-state index is 11.9. The quantitative estimate of drug-likeness (QED) is 0.605. The summed E-state index contributed by atoms with van der Waals surface area (Å²) in [7, 11) is 0. The third-order valence-electron chi connectivity index (χ3n) is 2.43. The van der Waals surface area contributed by atoms with E-state index in [0.29, 0.717) is 15.6 Å². The van der Waals surface area contributed by atoms with Gasteiger partial charge in [0.2, 0.25) is 0 Å². The predicted molar refractivity (Wildman–Crippen MR) is 59.9 cm³/mol. The second kappa shape index (κ2) is 4.44. The molecule has 1 aromatic carbocycles. The molecule has 0 spiro atoms. The topological polar surface area (TPSA) is 43.4 Å². The van der Waals surface area contributed by atoms with Crippen LogP contribution in [0.1, 0.15) is 16.8 Å². The van der Waals surface area contributed by atoms with Crippen LogP contribution in [0.15, 0.2) is 18.2 Å². The number of halogens is 2. The van der Waals surface area contributed by atoms with E-state index >= 15 is 0 Å². The highest BCUT2D eigenvalue weighted by molar-refractivity contribution is 6.42. The van der Waals surface area contributed by atoms with Crippen LogP contribution in [-0.2, 0) is 9.53 Å². The first-order valence-electron chi connectivity index (χ1n) is 4.73. The molecule has 1 unspecified atom stereocenters. The van der Waals surface area contributed by atoms with Crippen LogP contribution in [-0.4, -0.2) is 18.4 Å². The Bertz CT molecular complexity index is 457. The van der Waals surface area contributed by atoms with Crippen molar-refractivity contribution in [1.82, 2.24) is 0 Å². The summed E-state index contributed by atoms with van der Waals surface area (Å²) in [6, 6.07) is 4.67. The summed E-state index contributed by atoms with van der Waals surface area (Å²) in [5, 5.41) is 0.731. The Morgan fingerprint density at radius 2 is 2.06 bits per heavy atom. The van der Waals surface area contributed by atoms with E-state index in [9.17, 15) is 9.59 Å². The van der Waals surface area contributed by atoms with E-state index < -0.39 is 5.92 Å². The molecule has 84 valence electrons. The minimum Gasteiger partial charge on any atom is -0.465 e. The number of carbonyl (C=O) groups excluding carboxylic acids is 2. The van der Waals surface area contributed by atoms with Gasteiger partial charge >= 0.3 is 5.97 Å². The van der Waals surface area contributed by atoms with Gasteiger partial charge in [0, 0.05) is 5.56 Å². The largest absolute Gasteiger partial charge is 0.465 e. The molecule has 0 aliphatic carbocycles. The number of Topliss-reactive ketones (excluding diaryl/α,β-unsaturated/α-hetero) is 1. The molecule has 16 heavy (non-hydrogen) atoms. The van der Waals surface area contributed by atoms with Crippen LogP contribution < -0.4 is 0 Å². The van der Waals surface area contributed by atoms with Crippen molar-refractivity contribution in [3.05, 3.63) is 33.8 Å².